The lowest BCUT2D eigenvalue weighted by Crippen LogP contribution is -2.29. The fraction of sp³-hybridized carbons (Fsp3) is 0.333. The second-order valence-electron chi connectivity index (χ2n) is 4.58. The van der Waals surface area contributed by atoms with E-state index in [0.29, 0.717) is 18.7 Å². The van der Waals surface area contributed by atoms with Gasteiger partial charge in [0.1, 0.15) is 5.15 Å². The summed E-state index contributed by atoms with van der Waals surface area (Å²) in [6, 6.07) is 1.37. The summed E-state index contributed by atoms with van der Waals surface area (Å²) in [5, 5.41) is 6.73. The lowest BCUT2D eigenvalue weighted by Gasteiger charge is -2.07. The van der Waals surface area contributed by atoms with Crippen LogP contribution in [0.2, 0.25) is 5.15 Å². The number of hydrogen-bond donors (Lipinski definition) is 1. The van der Waals surface area contributed by atoms with Crippen LogP contribution in [0.25, 0.3) is 5.65 Å². The number of aldehydes is 1. The number of amides is 1. The lowest BCUT2D eigenvalue weighted by molar-refractivity contribution is 0.112. The highest BCUT2D eigenvalue weighted by molar-refractivity contribution is 6.29. The summed E-state index contributed by atoms with van der Waals surface area (Å²) in [5.74, 6) is 0.663. The molecule has 1 saturated carbocycles. The van der Waals surface area contributed by atoms with E-state index in [0.717, 1.165) is 12.8 Å². The van der Waals surface area contributed by atoms with Gasteiger partial charge in [0.25, 0.3) is 0 Å². The van der Waals surface area contributed by atoms with Crippen LogP contribution in [0.1, 0.15) is 23.2 Å². The van der Waals surface area contributed by atoms with Gasteiger partial charge in [0.05, 0.1) is 11.8 Å². The molecule has 2 heterocycles. The molecule has 20 heavy (non-hydrogen) atoms. The Morgan fingerprint density at radius 2 is 2.40 bits per heavy atom. The number of carbonyl (C=O) groups is 2. The van der Waals surface area contributed by atoms with Gasteiger partial charge in [0.2, 0.25) is 5.88 Å². The molecule has 0 atom stereocenters. The van der Waals surface area contributed by atoms with Crippen molar-refractivity contribution in [2.75, 3.05) is 6.54 Å². The van der Waals surface area contributed by atoms with E-state index >= 15 is 0 Å². The highest BCUT2D eigenvalue weighted by Gasteiger charge is 2.22. The zero-order valence-electron chi connectivity index (χ0n) is 10.4. The molecule has 1 aliphatic rings. The van der Waals surface area contributed by atoms with Crippen LogP contribution in [0.15, 0.2) is 12.3 Å². The number of nitrogens with zero attached hydrogens (tertiary/aromatic N) is 3. The minimum atomic E-state index is -0.580. The Morgan fingerprint density at radius 3 is 3.10 bits per heavy atom. The van der Waals surface area contributed by atoms with E-state index in [1.807, 2.05) is 0 Å². The molecule has 0 aromatic carbocycles. The number of halogens is 1. The molecule has 0 saturated heterocycles. The van der Waals surface area contributed by atoms with Crippen LogP contribution in [0.4, 0.5) is 4.79 Å². The van der Waals surface area contributed by atoms with E-state index in [-0.39, 0.29) is 22.2 Å². The number of rotatable bonds is 4. The topological polar surface area (TPSA) is 85.6 Å². The normalized spacial score (nSPS) is 14.2. The summed E-state index contributed by atoms with van der Waals surface area (Å²) in [7, 11) is 0. The molecule has 1 aliphatic carbocycles. The quantitative estimate of drug-likeness (QED) is 0.685. The van der Waals surface area contributed by atoms with Crippen LogP contribution >= 0.6 is 11.6 Å². The maximum absolute atomic E-state index is 11.7. The predicted octanol–water partition coefficient (Wildman–Crippen LogP) is 1.69. The van der Waals surface area contributed by atoms with E-state index in [2.05, 4.69) is 15.4 Å². The fourth-order valence-electron chi connectivity index (χ4n) is 1.76. The van der Waals surface area contributed by atoms with Gasteiger partial charge in [-0.3, -0.25) is 4.79 Å². The molecule has 1 N–H and O–H groups in total. The Labute approximate surface area is 118 Å². The van der Waals surface area contributed by atoms with Gasteiger partial charge < -0.3 is 10.1 Å². The van der Waals surface area contributed by atoms with E-state index in [1.165, 1.54) is 16.8 Å². The third-order valence-electron chi connectivity index (χ3n) is 2.99. The first-order chi connectivity index (χ1) is 9.67. The van der Waals surface area contributed by atoms with E-state index in [1.54, 1.807) is 0 Å². The van der Waals surface area contributed by atoms with Gasteiger partial charge in [-0.25, -0.2) is 9.78 Å². The van der Waals surface area contributed by atoms with Crippen molar-refractivity contribution in [3.63, 3.8) is 0 Å². The molecule has 0 aliphatic heterocycles. The number of aromatic nitrogens is 3. The van der Waals surface area contributed by atoms with Crippen molar-refractivity contribution < 1.29 is 14.3 Å². The summed E-state index contributed by atoms with van der Waals surface area (Å²) in [4.78, 5) is 26.5. The summed E-state index contributed by atoms with van der Waals surface area (Å²) < 4.78 is 6.41. The number of nitrogens with one attached hydrogen (secondary N) is 1. The van der Waals surface area contributed by atoms with Crippen LogP contribution in [0.5, 0.6) is 5.88 Å². The minimum absolute atomic E-state index is 0.112. The van der Waals surface area contributed by atoms with Crippen LogP contribution in [0.3, 0.4) is 0 Å². The van der Waals surface area contributed by atoms with Crippen LogP contribution in [-0.2, 0) is 0 Å². The van der Waals surface area contributed by atoms with Crippen molar-refractivity contribution in [3.8, 4) is 5.88 Å². The smallest absolute Gasteiger partial charge is 0.391 e. The van der Waals surface area contributed by atoms with E-state index in [9.17, 15) is 9.59 Å². The van der Waals surface area contributed by atoms with Gasteiger partial charge in [0, 0.05) is 12.6 Å². The molecule has 0 unspecified atom stereocenters. The fourth-order valence-corrected chi connectivity index (χ4v) is 1.93. The Hall–Kier alpha value is -2.15. The van der Waals surface area contributed by atoms with Gasteiger partial charge in [0.15, 0.2) is 11.9 Å². The van der Waals surface area contributed by atoms with Gasteiger partial charge in [-0.15, -0.1) is 0 Å². The molecule has 8 heteroatoms. The summed E-state index contributed by atoms with van der Waals surface area (Å²) in [6.45, 7) is 0.597. The molecule has 0 bridgehead atoms. The van der Waals surface area contributed by atoms with Crippen LogP contribution in [0, 0.1) is 5.92 Å². The van der Waals surface area contributed by atoms with Gasteiger partial charge >= 0.3 is 6.09 Å². The third-order valence-corrected chi connectivity index (χ3v) is 3.19. The molecule has 2 aromatic heterocycles. The molecule has 3 rings (SSSR count). The first-order valence-electron chi connectivity index (χ1n) is 6.12. The summed E-state index contributed by atoms with van der Waals surface area (Å²) in [6.07, 6.45) is 3.63. The van der Waals surface area contributed by atoms with Gasteiger partial charge in [-0.1, -0.05) is 11.6 Å². The van der Waals surface area contributed by atoms with Gasteiger partial charge in [-0.2, -0.15) is 9.61 Å². The first-order valence-corrected chi connectivity index (χ1v) is 6.50. The summed E-state index contributed by atoms with van der Waals surface area (Å²) in [5.41, 5.74) is 0.522. The Balaban J connectivity index is 1.84. The van der Waals surface area contributed by atoms with Crippen LogP contribution < -0.4 is 10.1 Å². The molecule has 1 fully saturated rings. The molecule has 104 valence electrons. The molecular weight excluding hydrogens is 284 g/mol. The zero-order chi connectivity index (χ0) is 14.1. The molecule has 7 nitrogen and oxygen atoms in total. The number of hydrogen-bond acceptors (Lipinski definition) is 5. The predicted molar refractivity (Wildman–Crippen MR) is 70.1 cm³/mol. The van der Waals surface area contributed by atoms with Crippen molar-refractivity contribution in [3.05, 3.63) is 23.0 Å². The molecule has 0 spiro atoms. The average molecular weight is 295 g/mol. The lowest BCUT2D eigenvalue weighted by atomic mass is 10.4. The number of ether oxygens (including phenoxy) is 1. The van der Waals surface area contributed by atoms with Gasteiger partial charge in [-0.05, 0) is 18.8 Å². The van der Waals surface area contributed by atoms with Crippen LogP contribution in [-0.4, -0.2) is 33.5 Å². The molecule has 1 amide bonds. The third kappa shape index (κ3) is 2.57. The average Bonchev–Trinajstić information content (AvgIpc) is 3.15. The second-order valence-corrected chi connectivity index (χ2v) is 4.97. The van der Waals surface area contributed by atoms with E-state index < -0.39 is 6.09 Å². The Kier molecular flexibility index (Phi) is 3.27. The minimum Gasteiger partial charge on any atom is -0.391 e. The molecular formula is C12H11ClN4O3. The van der Waals surface area contributed by atoms with E-state index in [4.69, 9.17) is 16.3 Å². The number of fused-ring (bicyclic) bond motifs is 1. The maximum Gasteiger partial charge on any atom is 0.413 e. The Bertz CT molecular complexity index is 681. The van der Waals surface area contributed by atoms with Crippen molar-refractivity contribution in [1.29, 1.82) is 0 Å². The second kappa shape index (κ2) is 5.09. The van der Waals surface area contributed by atoms with Crippen molar-refractivity contribution in [2.24, 2.45) is 5.92 Å². The zero-order valence-corrected chi connectivity index (χ0v) is 11.1. The first kappa shape index (κ1) is 12.9. The standard InChI is InChI=1S/C12H11ClN4O3/c13-9-3-10(20-12(19)14-4-7-1-2-7)17-11(16-9)8(6-18)5-15-17/h3,5-7H,1-2,4H2,(H,14,19). The maximum atomic E-state index is 11.7. The van der Waals surface area contributed by atoms with Crippen molar-refractivity contribution >= 4 is 29.6 Å². The monoisotopic (exact) mass is 294 g/mol. The highest BCUT2D eigenvalue weighted by atomic mass is 35.5. The molecule has 0 radical (unpaired) electrons. The van der Waals surface area contributed by atoms with Crippen molar-refractivity contribution in [2.45, 2.75) is 12.8 Å². The summed E-state index contributed by atoms with van der Waals surface area (Å²) >= 11 is 5.85. The SMILES string of the molecule is O=Cc1cnn2c(OC(=O)NCC3CC3)cc(Cl)nc12. The largest absolute Gasteiger partial charge is 0.413 e. The number of carbonyl (C=O) groups excluding carboxylic acids is 2. The van der Waals surface area contributed by atoms with Crippen molar-refractivity contribution in [1.82, 2.24) is 19.9 Å². The highest BCUT2D eigenvalue weighted by Crippen LogP contribution is 2.27. The molecule has 2 aromatic rings. The Morgan fingerprint density at radius 1 is 1.60 bits per heavy atom.